The van der Waals surface area contributed by atoms with Gasteiger partial charge in [0.05, 0.1) is 21.3 Å². The van der Waals surface area contributed by atoms with E-state index in [0.717, 1.165) is 31.3 Å². The molecule has 0 aliphatic carbocycles. The summed E-state index contributed by atoms with van der Waals surface area (Å²) in [5.41, 5.74) is 0.837. The highest BCUT2D eigenvalue weighted by atomic mass is 16.5. The molecule has 0 bridgehead atoms. The molecule has 164 valence electrons. The van der Waals surface area contributed by atoms with Gasteiger partial charge in [0.1, 0.15) is 0 Å². The minimum absolute atomic E-state index is 0.579. The number of aliphatic imine (C=N–C) groups is 1. The van der Waals surface area contributed by atoms with E-state index in [0.29, 0.717) is 29.1 Å². The summed E-state index contributed by atoms with van der Waals surface area (Å²) in [4.78, 5) is 7.43. The summed E-state index contributed by atoms with van der Waals surface area (Å²) >= 11 is 0. The molecule has 29 heavy (non-hydrogen) atoms. The molecule has 1 aliphatic heterocycles. The molecular formula is C22H38N4O3. The molecule has 7 heteroatoms. The van der Waals surface area contributed by atoms with Crippen LogP contribution in [0.3, 0.4) is 0 Å². The lowest BCUT2D eigenvalue weighted by Crippen LogP contribution is -2.39. The Kier molecular flexibility index (Phi) is 9.38. The number of rotatable bonds is 9. The topological polar surface area (TPSA) is 67.4 Å². The van der Waals surface area contributed by atoms with E-state index < -0.39 is 0 Å². The number of anilines is 1. The Morgan fingerprint density at radius 3 is 2.41 bits per heavy atom. The first-order valence-corrected chi connectivity index (χ1v) is 10.6. The number of hydrogen-bond donors (Lipinski definition) is 2. The largest absolute Gasteiger partial charge is 0.493 e. The van der Waals surface area contributed by atoms with Crippen molar-refractivity contribution < 1.29 is 14.2 Å². The number of nitrogens with zero attached hydrogens (tertiary/aromatic N) is 2. The van der Waals surface area contributed by atoms with Crippen LogP contribution in [-0.2, 0) is 0 Å². The maximum Gasteiger partial charge on any atom is 0.203 e. The van der Waals surface area contributed by atoms with Gasteiger partial charge >= 0.3 is 0 Å². The fraction of sp³-hybridized carbons (Fsp3) is 0.682. The standard InChI is InChI=1S/C22H38N4O3/c1-7-23-22(24-13-17-9-8-10-26(15-17)14-16(2)3)25-18-11-19(27-4)21(29-6)20(12-18)28-5/h11-12,16-17H,7-10,13-15H2,1-6H3,(H2,23,24,25). The van der Waals surface area contributed by atoms with E-state index in [2.05, 4.69) is 36.3 Å². The first kappa shape index (κ1) is 23.1. The molecule has 1 aromatic carbocycles. The lowest BCUT2D eigenvalue weighted by atomic mass is 9.97. The fourth-order valence-corrected chi connectivity index (χ4v) is 3.80. The van der Waals surface area contributed by atoms with E-state index in [-0.39, 0.29) is 0 Å². The minimum Gasteiger partial charge on any atom is -0.493 e. The van der Waals surface area contributed by atoms with Crippen LogP contribution in [0.1, 0.15) is 33.6 Å². The minimum atomic E-state index is 0.579. The number of methoxy groups -OCH3 is 3. The smallest absolute Gasteiger partial charge is 0.203 e. The highest BCUT2D eigenvalue weighted by Crippen LogP contribution is 2.39. The molecule has 1 saturated heterocycles. The van der Waals surface area contributed by atoms with Crippen molar-refractivity contribution in [3.63, 3.8) is 0 Å². The van der Waals surface area contributed by atoms with E-state index in [1.807, 2.05) is 12.1 Å². The maximum absolute atomic E-state index is 5.45. The monoisotopic (exact) mass is 406 g/mol. The molecule has 2 rings (SSSR count). The summed E-state index contributed by atoms with van der Waals surface area (Å²) in [6.07, 6.45) is 2.49. The van der Waals surface area contributed by atoms with Gasteiger partial charge in [-0.15, -0.1) is 0 Å². The van der Waals surface area contributed by atoms with Crippen LogP contribution in [0.4, 0.5) is 5.69 Å². The SMILES string of the molecule is CCNC(=NCC1CCCN(CC(C)C)C1)Nc1cc(OC)c(OC)c(OC)c1. The van der Waals surface area contributed by atoms with Gasteiger partial charge in [0, 0.05) is 44.0 Å². The van der Waals surface area contributed by atoms with Crippen LogP contribution in [0, 0.1) is 11.8 Å². The number of benzene rings is 1. The van der Waals surface area contributed by atoms with E-state index in [4.69, 9.17) is 19.2 Å². The van der Waals surface area contributed by atoms with Crippen LogP contribution in [0.2, 0.25) is 0 Å². The predicted octanol–water partition coefficient (Wildman–Crippen LogP) is 3.46. The van der Waals surface area contributed by atoms with Crippen molar-refractivity contribution in [1.82, 2.24) is 10.2 Å². The zero-order chi connectivity index (χ0) is 21.2. The molecule has 0 spiro atoms. The molecule has 1 aromatic rings. The van der Waals surface area contributed by atoms with Crippen molar-refractivity contribution in [1.29, 1.82) is 0 Å². The first-order chi connectivity index (χ1) is 14.0. The Hall–Kier alpha value is -2.15. The van der Waals surface area contributed by atoms with Crippen LogP contribution in [0.5, 0.6) is 17.2 Å². The zero-order valence-corrected chi connectivity index (χ0v) is 18.9. The molecule has 0 radical (unpaired) electrons. The second kappa shape index (κ2) is 11.8. The summed E-state index contributed by atoms with van der Waals surface area (Å²) < 4.78 is 16.3. The summed E-state index contributed by atoms with van der Waals surface area (Å²) in [5.74, 6) is 3.87. The highest BCUT2D eigenvalue weighted by molar-refractivity contribution is 5.94. The van der Waals surface area contributed by atoms with Crippen LogP contribution >= 0.6 is 0 Å². The highest BCUT2D eigenvalue weighted by Gasteiger charge is 2.20. The van der Waals surface area contributed by atoms with Crippen LogP contribution < -0.4 is 24.8 Å². The van der Waals surface area contributed by atoms with Crippen molar-refractivity contribution in [2.24, 2.45) is 16.8 Å². The summed E-state index contributed by atoms with van der Waals surface area (Å²) in [7, 11) is 4.84. The van der Waals surface area contributed by atoms with Crippen molar-refractivity contribution in [3.8, 4) is 17.2 Å². The lowest BCUT2D eigenvalue weighted by Gasteiger charge is -2.33. The van der Waals surface area contributed by atoms with Gasteiger partial charge in [-0.3, -0.25) is 4.99 Å². The molecule has 2 N–H and O–H groups in total. The Balaban J connectivity index is 2.09. The van der Waals surface area contributed by atoms with Gasteiger partial charge in [-0.1, -0.05) is 13.8 Å². The molecule has 0 amide bonds. The average molecular weight is 407 g/mol. The van der Waals surface area contributed by atoms with Crippen molar-refractivity contribution >= 4 is 11.6 Å². The molecule has 0 saturated carbocycles. The predicted molar refractivity (Wildman–Crippen MR) is 120 cm³/mol. The van der Waals surface area contributed by atoms with E-state index in [1.54, 1.807) is 21.3 Å². The molecule has 1 fully saturated rings. The first-order valence-electron chi connectivity index (χ1n) is 10.6. The van der Waals surface area contributed by atoms with Crippen LogP contribution in [0.25, 0.3) is 0 Å². The van der Waals surface area contributed by atoms with Crippen LogP contribution in [0.15, 0.2) is 17.1 Å². The Morgan fingerprint density at radius 1 is 1.17 bits per heavy atom. The number of guanidine groups is 1. The molecule has 1 atom stereocenters. The van der Waals surface area contributed by atoms with Gasteiger partial charge in [-0.2, -0.15) is 0 Å². The van der Waals surface area contributed by atoms with Gasteiger partial charge in [0.15, 0.2) is 17.5 Å². The quantitative estimate of drug-likeness (QED) is 0.484. The van der Waals surface area contributed by atoms with E-state index in [1.165, 1.54) is 25.9 Å². The van der Waals surface area contributed by atoms with Gasteiger partial charge in [0.25, 0.3) is 0 Å². The summed E-state index contributed by atoms with van der Waals surface area (Å²) in [5, 5.41) is 6.70. The number of hydrogen-bond acceptors (Lipinski definition) is 5. The van der Waals surface area contributed by atoms with Gasteiger partial charge in [-0.25, -0.2) is 0 Å². The molecule has 1 unspecified atom stereocenters. The van der Waals surface area contributed by atoms with E-state index in [9.17, 15) is 0 Å². The molecule has 1 heterocycles. The third kappa shape index (κ3) is 6.99. The number of likely N-dealkylation sites (tertiary alicyclic amines) is 1. The summed E-state index contributed by atoms with van der Waals surface area (Å²) in [6.45, 7) is 11.8. The van der Waals surface area contributed by atoms with Crippen molar-refractivity contribution in [2.75, 3.05) is 59.4 Å². The second-order valence-corrected chi connectivity index (χ2v) is 7.92. The Labute approximate surface area is 175 Å². The lowest BCUT2D eigenvalue weighted by molar-refractivity contribution is 0.162. The Morgan fingerprint density at radius 2 is 1.86 bits per heavy atom. The number of piperidine rings is 1. The van der Waals surface area contributed by atoms with Gasteiger partial charge in [0.2, 0.25) is 5.75 Å². The summed E-state index contributed by atoms with van der Waals surface area (Å²) in [6, 6.07) is 3.78. The van der Waals surface area contributed by atoms with Crippen LogP contribution in [-0.4, -0.2) is 64.9 Å². The normalized spacial score (nSPS) is 17.9. The van der Waals surface area contributed by atoms with Crippen molar-refractivity contribution in [3.05, 3.63) is 12.1 Å². The number of ether oxygens (including phenoxy) is 3. The Bertz CT molecular complexity index is 638. The molecule has 1 aliphatic rings. The van der Waals surface area contributed by atoms with E-state index >= 15 is 0 Å². The fourth-order valence-electron chi connectivity index (χ4n) is 3.80. The zero-order valence-electron chi connectivity index (χ0n) is 18.9. The molecular weight excluding hydrogens is 368 g/mol. The molecule has 0 aromatic heterocycles. The molecule has 7 nitrogen and oxygen atoms in total. The number of nitrogens with one attached hydrogen (secondary N) is 2. The third-order valence-corrected chi connectivity index (χ3v) is 5.01. The van der Waals surface area contributed by atoms with Crippen molar-refractivity contribution in [2.45, 2.75) is 33.6 Å². The third-order valence-electron chi connectivity index (χ3n) is 5.01. The second-order valence-electron chi connectivity index (χ2n) is 7.92. The van der Waals surface area contributed by atoms with Gasteiger partial charge < -0.3 is 29.7 Å². The van der Waals surface area contributed by atoms with Gasteiger partial charge in [-0.05, 0) is 38.1 Å². The average Bonchev–Trinajstić information content (AvgIpc) is 2.71. The maximum atomic E-state index is 5.45.